The second kappa shape index (κ2) is 7.21. The summed E-state index contributed by atoms with van der Waals surface area (Å²) in [6, 6.07) is 15.0. The van der Waals surface area contributed by atoms with Gasteiger partial charge in [0.25, 0.3) is 0 Å². The number of hydrogen-bond donors (Lipinski definition) is 1. The molecule has 2 aromatic carbocycles. The maximum Gasteiger partial charge on any atom is 0.312 e. The van der Waals surface area contributed by atoms with Crippen LogP contribution in [0.4, 0.5) is 0 Å². The Morgan fingerprint density at radius 1 is 1.19 bits per heavy atom. The van der Waals surface area contributed by atoms with Gasteiger partial charge in [-0.05, 0) is 36.8 Å². The molecule has 0 amide bonds. The summed E-state index contributed by atoms with van der Waals surface area (Å²) in [5, 5.41) is 9.44. The zero-order valence-electron chi connectivity index (χ0n) is 14.5. The molecule has 0 saturated heterocycles. The van der Waals surface area contributed by atoms with Crippen molar-refractivity contribution in [3.8, 4) is 0 Å². The molecule has 2 unspecified atom stereocenters. The van der Waals surface area contributed by atoms with E-state index in [1.165, 1.54) is 13.0 Å². The lowest BCUT2D eigenvalue weighted by atomic mass is 10.1. The fourth-order valence-electron chi connectivity index (χ4n) is 3.08. The SMILES string of the molecule is C=CC(c1ccccc1)S(=O)(=O)n1c(C(C)C(=O)O)cc2cc(Cl)ccc21. The van der Waals surface area contributed by atoms with Crippen LogP contribution in [-0.4, -0.2) is 23.5 Å². The fourth-order valence-corrected chi connectivity index (χ4v) is 5.18. The number of nitrogens with zero attached hydrogens (tertiary/aromatic N) is 1. The predicted molar refractivity (Wildman–Crippen MR) is 107 cm³/mol. The smallest absolute Gasteiger partial charge is 0.312 e. The lowest BCUT2D eigenvalue weighted by molar-refractivity contribution is -0.138. The number of carbonyl (C=O) groups is 1. The average molecular weight is 404 g/mol. The summed E-state index contributed by atoms with van der Waals surface area (Å²) in [5.41, 5.74) is 1.10. The quantitative estimate of drug-likeness (QED) is 0.611. The lowest BCUT2D eigenvalue weighted by Crippen LogP contribution is -2.24. The van der Waals surface area contributed by atoms with Gasteiger partial charge in [0, 0.05) is 16.1 Å². The number of halogens is 1. The highest BCUT2D eigenvalue weighted by Crippen LogP contribution is 2.34. The van der Waals surface area contributed by atoms with Crippen molar-refractivity contribution in [1.82, 2.24) is 3.97 Å². The summed E-state index contributed by atoms with van der Waals surface area (Å²) >= 11 is 6.03. The van der Waals surface area contributed by atoms with Crippen LogP contribution < -0.4 is 0 Å². The second-order valence-corrected chi connectivity index (χ2v) is 8.55. The standard InChI is InChI=1S/C20H18ClNO4S/c1-3-19(14-7-5-4-6-8-14)27(25,26)22-17-10-9-16(21)11-15(17)12-18(22)13(2)20(23)24/h3-13,19H,1H2,2H3,(H,23,24). The molecular formula is C20H18ClNO4S. The molecule has 1 N–H and O–H groups in total. The van der Waals surface area contributed by atoms with Gasteiger partial charge >= 0.3 is 5.97 Å². The summed E-state index contributed by atoms with van der Waals surface area (Å²) in [7, 11) is -4.02. The van der Waals surface area contributed by atoms with Gasteiger partial charge < -0.3 is 5.11 Å². The van der Waals surface area contributed by atoms with Gasteiger partial charge in [0.15, 0.2) is 0 Å². The Kier molecular flexibility index (Phi) is 5.13. The molecule has 1 aromatic heterocycles. The molecule has 0 aliphatic carbocycles. The number of benzene rings is 2. The van der Waals surface area contributed by atoms with Crippen molar-refractivity contribution in [3.05, 3.63) is 83.5 Å². The van der Waals surface area contributed by atoms with Crippen LogP contribution >= 0.6 is 11.6 Å². The molecule has 2 atom stereocenters. The van der Waals surface area contributed by atoms with Crippen molar-refractivity contribution in [3.63, 3.8) is 0 Å². The van der Waals surface area contributed by atoms with Gasteiger partial charge in [-0.1, -0.05) is 48.0 Å². The van der Waals surface area contributed by atoms with Crippen LogP contribution in [0.15, 0.2) is 67.3 Å². The second-order valence-electron chi connectivity index (χ2n) is 6.21. The van der Waals surface area contributed by atoms with Crippen LogP contribution in [0.5, 0.6) is 0 Å². The van der Waals surface area contributed by atoms with E-state index in [4.69, 9.17) is 11.6 Å². The highest BCUT2D eigenvalue weighted by Gasteiger charge is 2.32. The first-order valence-corrected chi connectivity index (χ1v) is 10.1. The monoisotopic (exact) mass is 403 g/mol. The molecule has 0 radical (unpaired) electrons. The minimum atomic E-state index is -4.02. The predicted octanol–water partition coefficient (Wildman–Crippen LogP) is 4.59. The van der Waals surface area contributed by atoms with Gasteiger partial charge in [0.05, 0.1) is 11.4 Å². The van der Waals surface area contributed by atoms with Crippen LogP contribution in [0, 0.1) is 0 Å². The largest absolute Gasteiger partial charge is 0.481 e. The summed E-state index contributed by atoms with van der Waals surface area (Å²) in [4.78, 5) is 11.6. The molecule has 0 aliphatic heterocycles. The third-order valence-electron chi connectivity index (χ3n) is 4.48. The van der Waals surface area contributed by atoms with E-state index < -0.39 is 27.2 Å². The first-order valence-electron chi connectivity index (χ1n) is 8.23. The Bertz CT molecular complexity index is 1120. The summed E-state index contributed by atoms with van der Waals surface area (Å²) < 4.78 is 28.2. The molecule has 27 heavy (non-hydrogen) atoms. The zero-order valence-corrected chi connectivity index (χ0v) is 16.1. The minimum Gasteiger partial charge on any atom is -0.481 e. The third kappa shape index (κ3) is 3.38. The van der Waals surface area contributed by atoms with Crippen LogP contribution in [0.25, 0.3) is 10.9 Å². The molecule has 0 bridgehead atoms. The van der Waals surface area contributed by atoms with Gasteiger partial charge in [0.1, 0.15) is 5.25 Å². The van der Waals surface area contributed by atoms with Crippen molar-refractivity contribution in [2.24, 2.45) is 0 Å². The Labute approximate surface area is 162 Å². The first-order chi connectivity index (χ1) is 12.8. The van der Waals surface area contributed by atoms with Crippen molar-refractivity contribution in [2.45, 2.75) is 18.1 Å². The minimum absolute atomic E-state index is 0.169. The molecule has 0 aliphatic rings. The molecule has 0 fully saturated rings. The van der Waals surface area contributed by atoms with E-state index in [0.717, 1.165) is 3.97 Å². The molecular weight excluding hydrogens is 386 g/mol. The van der Waals surface area contributed by atoms with Crippen molar-refractivity contribution >= 4 is 38.5 Å². The van der Waals surface area contributed by atoms with E-state index in [9.17, 15) is 18.3 Å². The Balaban J connectivity index is 2.32. The van der Waals surface area contributed by atoms with Gasteiger partial charge in [0.2, 0.25) is 10.0 Å². The van der Waals surface area contributed by atoms with Gasteiger partial charge in [-0.3, -0.25) is 4.79 Å². The lowest BCUT2D eigenvalue weighted by Gasteiger charge is -2.20. The van der Waals surface area contributed by atoms with Crippen molar-refractivity contribution < 1.29 is 18.3 Å². The number of aliphatic carboxylic acids is 1. The van der Waals surface area contributed by atoms with E-state index in [-0.39, 0.29) is 5.69 Å². The normalized spacial score (nSPS) is 14.0. The number of carboxylic acid groups (broad SMARTS) is 1. The van der Waals surface area contributed by atoms with Crippen molar-refractivity contribution in [1.29, 1.82) is 0 Å². The van der Waals surface area contributed by atoms with Crippen molar-refractivity contribution in [2.75, 3.05) is 0 Å². The summed E-state index contributed by atoms with van der Waals surface area (Å²) in [6.45, 7) is 5.14. The van der Waals surface area contributed by atoms with E-state index in [0.29, 0.717) is 21.5 Å². The zero-order chi connectivity index (χ0) is 19.8. The summed E-state index contributed by atoms with van der Waals surface area (Å²) in [6.07, 6.45) is 1.35. The van der Waals surface area contributed by atoms with Gasteiger partial charge in [-0.15, -0.1) is 6.58 Å². The fraction of sp³-hybridized carbons (Fsp3) is 0.150. The van der Waals surface area contributed by atoms with Crippen LogP contribution in [-0.2, 0) is 14.8 Å². The topological polar surface area (TPSA) is 76.4 Å². The Morgan fingerprint density at radius 3 is 2.44 bits per heavy atom. The van der Waals surface area contributed by atoms with E-state index in [1.54, 1.807) is 54.6 Å². The number of hydrogen-bond acceptors (Lipinski definition) is 3. The van der Waals surface area contributed by atoms with E-state index >= 15 is 0 Å². The highest BCUT2D eigenvalue weighted by atomic mass is 35.5. The number of aromatic nitrogens is 1. The number of rotatable bonds is 6. The maximum absolute atomic E-state index is 13.5. The maximum atomic E-state index is 13.5. The van der Waals surface area contributed by atoms with Crippen LogP contribution in [0.3, 0.4) is 0 Å². The average Bonchev–Trinajstić information content (AvgIpc) is 3.01. The molecule has 3 rings (SSSR count). The Morgan fingerprint density at radius 2 is 1.85 bits per heavy atom. The Hall–Kier alpha value is -2.57. The van der Waals surface area contributed by atoms with Gasteiger partial charge in [-0.2, -0.15) is 0 Å². The molecule has 140 valence electrons. The first kappa shape index (κ1) is 19.2. The molecule has 0 saturated carbocycles. The molecule has 1 heterocycles. The molecule has 0 spiro atoms. The van der Waals surface area contributed by atoms with Crippen LogP contribution in [0.1, 0.15) is 29.3 Å². The molecule has 3 aromatic rings. The van der Waals surface area contributed by atoms with Gasteiger partial charge in [-0.25, -0.2) is 12.4 Å². The molecule has 7 heteroatoms. The molecule has 5 nitrogen and oxygen atoms in total. The van der Waals surface area contributed by atoms with E-state index in [2.05, 4.69) is 6.58 Å². The highest BCUT2D eigenvalue weighted by molar-refractivity contribution is 7.90. The van der Waals surface area contributed by atoms with E-state index in [1.807, 2.05) is 0 Å². The third-order valence-corrected chi connectivity index (χ3v) is 6.74. The number of carboxylic acids is 1. The summed E-state index contributed by atoms with van der Waals surface area (Å²) in [5.74, 6) is -2.14. The number of fused-ring (bicyclic) bond motifs is 1. The van der Waals surface area contributed by atoms with Crippen LogP contribution in [0.2, 0.25) is 5.02 Å².